The highest BCUT2D eigenvalue weighted by atomic mass is 16.5. The summed E-state index contributed by atoms with van der Waals surface area (Å²) in [5.74, 6) is 1.82. The molecule has 0 amide bonds. The molecule has 0 atom stereocenters. The average molecular weight is 754 g/mol. The first-order valence-electron chi connectivity index (χ1n) is 21.2. The van der Waals surface area contributed by atoms with E-state index in [0.29, 0.717) is 0 Å². The maximum Gasteiger partial charge on any atom is 0.243 e. The lowest BCUT2D eigenvalue weighted by Gasteiger charge is -2.58. The van der Waals surface area contributed by atoms with Crippen LogP contribution < -0.4 is 26.0 Å². The van der Waals surface area contributed by atoms with Gasteiger partial charge >= 0.3 is 0 Å². The van der Waals surface area contributed by atoms with Gasteiger partial charge in [0, 0.05) is 22.0 Å². The minimum atomic E-state index is -0.626. The number of para-hydroxylation sites is 5. The quantitative estimate of drug-likeness (QED) is 0.143. The van der Waals surface area contributed by atoms with Crippen molar-refractivity contribution in [1.29, 1.82) is 0 Å². The molecule has 3 heteroatoms. The Bertz CT molecular complexity index is 3110. The van der Waals surface area contributed by atoms with Gasteiger partial charge in [0.1, 0.15) is 11.5 Å². The molecule has 6 aliphatic heterocycles. The lowest BCUT2D eigenvalue weighted by molar-refractivity contribution is 0.433. The zero-order chi connectivity index (χ0) is 39.2. The zero-order valence-corrected chi connectivity index (χ0v) is 33.6. The second-order valence-corrected chi connectivity index (χ2v) is 18.6. The molecule has 278 valence electrons. The number of hydrogen-bond donors (Lipinski definition) is 0. The fourth-order valence-corrected chi connectivity index (χ4v) is 13.5. The fraction of sp³-hybridized carbons (Fsp3) is 0.143. The molecule has 14 rings (SSSR count). The molecule has 0 saturated carbocycles. The molecule has 0 saturated heterocycles. The summed E-state index contributed by atoms with van der Waals surface area (Å²) in [6.07, 6.45) is 0. The van der Waals surface area contributed by atoms with E-state index in [9.17, 15) is 0 Å². The first-order valence-corrected chi connectivity index (χ1v) is 21.2. The lowest BCUT2D eigenvalue weighted by atomic mass is 9.23. The van der Waals surface area contributed by atoms with Gasteiger partial charge in [0.15, 0.2) is 0 Å². The summed E-state index contributed by atoms with van der Waals surface area (Å²) in [4.78, 5) is 2.62. The average Bonchev–Trinajstić information content (AvgIpc) is 3.27. The number of hydrogen-bond acceptors (Lipinski definition) is 2. The molecular weight excluding hydrogens is 713 g/mol. The first kappa shape index (κ1) is 32.4. The minimum Gasteiger partial charge on any atom is -0.457 e. The van der Waals surface area contributed by atoms with Crippen LogP contribution in [0.3, 0.4) is 0 Å². The molecule has 6 aliphatic rings. The Morgan fingerprint density at radius 1 is 0.339 bits per heavy atom. The van der Waals surface area contributed by atoms with Gasteiger partial charge in [-0.15, -0.1) is 0 Å². The van der Waals surface area contributed by atoms with E-state index in [0.717, 1.165) is 11.5 Å². The number of benzene rings is 8. The highest BCUT2D eigenvalue weighted by Gasteiger charge is 2.61. The van der Waals surface area contributed by atoms with Crippen molar-refractivity contribution in [2.75, 3.05) is 4.90 Å². The van der Waals surface area contributed by atoms with Crippen LogP contribution in [0.4, 0.5) is 17.1 Å². The summed E-state index contributed by atoms with van der Waals surface area (Å²) in [7, 11) is 0. The van der Waals surface area contributed by atoms with Gasteiger partial charge in [-0.3, -0.25) is 0 Å². The number of nitrogens with zero attached hydrogens (tertiary/aromatic N) is 1. The normalized spacial score (nSPS) is 18.1. The Labute approximate surface area is 345 Å². The van der Waals surface area contributed by atoms with Gasteiger partial charge in [-0.25, -0.2) is 0 Å². The van der Waals surface area contributed by atoms with Crippen LogP contribution in [-0.4, -0.2) is 6.71 Å². The van der Waals surface area contributed by atoms with Gasteiger partial charge in [0.25, 0.3) is 0 Å². The van der Waals surface area contributed by atoms with Crippen LogP contribution >= 0.6 is 0 Å². The van der Waals surface area contributed by atoms with Crippen LogP contribution in [0.2, 0.25) is 0 Å². The highest BCUT2D eigenvalue weighted by molar-refractivity contribution is 6.98. The number of fused-ring (bicyclic) bond motifs is 14. The van der Waals surface area contributed by atoms with Crippen molar-refractivity contribution in [2.45, 2.75) is 49.4 Å². The molecule has 0 bridgehead atoms. The Hall–Kier alpha value is -6.58. The summed E-state index contributed by atoms with van der Waals surface area (Å²) in [6.45, 7) is 10.0. The van der Waals surface area contributed by atoms with E-state index in [4.69, 9.17) is 4.74 Å². The van der Waals surface area contributed by atoms with Crippen LogP contribution in [-0.2, 0) is 21.7 Å². The molecule has 0 fully saturated rings. The van der Waals surface area contributed by atoms with E-state index >= 15 is 0 Å². The molecule has 8 aromatic rings. The van der Waals surface area contributed by atoms with Crippen molar-refractivity contribution < 1.29 is 4.74 Å². The van der Waals surface area contributed by atoms with E-state index < -0.39 is 10.8 Å². The fourth-order valence-electron chi connectivity index (χ4n) is 13.5. The summed E-state index contributed by atoms with van der Waals surface area (Å²) in [5, 5.41) is 0. The monoisotopic (exact) mass is 753 g/mol. The van der Waals surface area contributed by atoms with E-state index in [-0.39, 0.29) is 17.5 Å². The van der Waals surface area contributed by atoms with Crippen molar-refractivity contribution in [2.24, 2.45) is 0 Å². The van der Waals surface area contributed by atoms with E-state index in [1.165, 1.54) is 100 Å². The second kappa shape index (κ2) is 10.3. The maximum atomic E-state index is 6.81. The summed E-state index contributed by atoms with van der Waals surface area (Å²) in [6, 6.07) is 65.0. The van der Waals surface area contributed by atoms with Gasteiger partial charge in [-0.1, -0.05) is 190 Å². The molecule has 8 aromatic carbocycles. The molecule has 0 unspecified atom stereocenters. The van der Waals surface area contributed by atoms with Crippen LogP contribution in [0.15, 0.2) is 170 Å². The minimum absolute atomic E-state index is 0.163. The van der Waals surface area contributed by atoms with Crippen LogP contribution in [0.25, 0.3) is 0 Å². The SMILES string of the molecule is CC1(C)c2cccc3c2B2c4c1cccc4C1(c4ccccc4N4c5ccccc5C5(c6ccccc6Oc6ccccc65)c5cccc1c54)c1cccc(c12)C3(C)C. The van der Waals surface area contributed by atoms with E-state index in [1.807, 2.05) is 0 Å². The van der Waals surface area contributed by atoms with Gasteiger partial charge in [0.2, 0.25) is 6.71 Å². The molecule has 2 nitrogen and oxygen atoms in total. The molecule has 6 heterocycles. The third-order valence-electron chi connectivity index (χ3n) is 15.7. The third kappa shape index (κ3) is 3.36. The Kier molecular flexibility index (Phi) is 5.68. The summed E-state index contributed by atoms with van der Waals surface area (Å²) < 4.78 is 6.81. The van der Waals surface area contributed by atoms with Crippen LogP contribution in [0.5, 0.6) is 11.5 Å². The molecule has 0 aromatic heterocycles. The lowest BCUT2D eigenvalue weighted by Crippen LogP contribution is -2.72. The molecule has 0 radical (unpaired) electrons. The Morgan fingerprint density at radius 2 is 0.661 bits per heavy atom. The predicted octanol–water partition coefficient (Wildman–Crippen LogP) is 10.8. The topological polar surface area (TPSA) is 12.5 Å². The van der Waals surface area contributed by atoms with Gasteiger partial charge in [-0.05, 0) is 79.9 Å². The Morgan fingerprint density at radius 3 is 1.12 bits per heavy atom. The smallest absolute Gasteiger partial charge is 0.243 e. The summed E-state index contributed by atoms with van der Waals surface area (Å²) >= 11 is 0. The number of ether oxygens (including phenoxy) is 1. The molecular formula is C56H40BNO. The highest BCUT2D eigenvalue weighted by Crippen LogP contribution is 2.68. The van der Waals surface area contributed by atoms with Crippen molar-refractivity contribution >= 4 is 40.2 Å². The van der Waals surface area contributed by atoms with Crippen LogP contribution in [0.1, 0.15) is 94.5 Å². The largest absolute Gasteiger partial charge is 0.457 e. The van der Waals surface area contributed by atoms with Gasteiger partial charge in [0.05, 0.1) is 27.9 Å². The summed E-state index contributed by atoms with van der Waals surface area (Å²) in [5.41, 5.74) is 22.9. The molecule has 59 heavy (non-hydrogen) atoms. The second-order valence-electron chi connectivity index (χ2n) is 18.6. The van der Waals surface area contributed by atoms with E-state index in [2.05, 4.69) is 202 Å². The zero-order valence-electron chi connectivity index (χ0n) is 33.6. The third-order valence-corrected chi connectivity index (χ3v) is 15.7. The van der Waals surface area contributed by atoms with Crippen molar-refractivity contribution in [1.82, 2.24) is 0 Å². The molecule has 0 aliphatic carbocycles. The first-order chi connectivity index (χ1) is 28.8. The number of anilines is 3. The molecule has 2 spiro atoms. The molecule has 0 N–H and O–H groups in total. The maximum absolute atomic E-state index is 6.81. The van der Waals surface area contributed by atoms with Gasteiger partial charge < -0.3 is 9.64 Å². The Balaban J connectivity index is 1.21. The number of rotatable bonds is 0. The van der Waals surface area contributed by atoms with Crippen LogP contribution in [0, 0.1) is 0 Å². The standard InChI is InChI=1S/C56H40BNO/c1-53(2)37-21-13-22-38-49(37)57-50-39(53)23-14-25-41(50)56(42-26-15-24-40(51(42)57)54(38,3)4)34-18-6-10-30-46(34)58-45-29-9-5-17-33(45)55(43-27-16-28-44(56)52(43)58)35-19-7-11-31-47(35)59-48-32-12-8-20-36(48)55/h5-32H,1-4H3. The van der Waals surface area contributed by atoms with E-state index in [1.54, 1.807) is 0 Å². The van der Waals surface area contributed by atoms with Crippen molar-refractivity contribution in [3.63, 3.8) is 0 Å². The van der Waals surface area contributed by atoms with Crippen molar-refractivity contribution in [3.05, 3.63) is 237 Å². The van der Waals surface area contributed by atoms with Gasteiger partial charge in [-0.2, -0.15) is 0 Å². The van der Waals surface area contributed by atoms with Crippen molar-refractivity contribution in [3.8, 4) is 11.5 Å². The predicted molar refractivity (Wildman–Crippen MR) is 240 cm³/mol.